The third-order valence-electron chi connectivity index (χ3n) is 6.25. The Balaban J connectivity index is 1.83. The Morgan fingerprint density at radius 3 is 2.41 bits per heavy atom. The molecule has 2 atom stereocenters. The first-order valence-corrected chi connectivity index (χ1v) is 11.6. The molecule has 6 heteroatoms. The molecule has 2 unspecified atom stereocenters. The summed E-state index contributed by atoms with van der Waals surface area (Å²) in [6.07, 6.45) is 1.30. The second kappa shape index (κ2) is 10.4. The predicted octanol–water partition coefficient (Wildman–Crippen LogP) is 6.16. The summed E-state index contributed by atoms with van der Waals surface area (Å²) in [5, 5.41) is 9.08. The van der Waals surface area contributed by atoms with Gasteiger partial charge in [0, 0.05) is 5.92 Å². The smallest absolute Gasteiger partial charge is 0.418 e. The normalized spacial score (nSPS) is 16.9. The number of carboxylic acid groups (broad SMARTS) is 1. The Labute approximate surface area is 199 Å². The Kier molecular flexibility index (Phi) is 7.16. The molecular formula is C28H29NO5. The van der Waals surface area contributed by atoms with E-state index in [0.29, 0.717) is 11.7 Å². The van der Waals surface area contributed by atoms with E-state index in [9.17, 15) is 9.59 Å². The average Bonchev–Trinajstić information content (AvgIpc) is 2.84. The molecular weight excluding hydrogens is 430 g/mol. The van der Waals surface area contributed by atoms with Gasteiger partial charge in [-0.05, 0) is 66.6 Å². The standard InChI is InChI=1S/C28H29NO5/c1-3-33-28(32)29(20-10-5-4-6-11-20)24-14-8-7-12-23(24)27-19(2)16-17-21-22(27)13-9-15-25(21)34-18-26(30)31/h4-15,19,27H,3,16-18H2,1-2H3,(H,30,31). The zero-order valence-electron chi connectivity index (χ0n) is 19.4. The fourth-order valence-electron chi connectivity index (χ4n) is 4.80. The minimum Gasteiger partial charge on any atom is -0.482 e. The third-order valence-corrected chi connectivity index (χ3v) is 6.25. The summed E-state index contributed by atoms with van der Waals surface area (Å²) in [5.74, 6) is -0.0756. The van der Waals surface area contributed by atoms with Crippen molar-refractivity contribution in [1.29, 1.82) is 0 Å². The molecule has 34 heavy (non-hydrogen) atoms. The summed E-state index contributed by atoms with van der Waals surface area (Å²) in [7, 11) is 0. The van der Waals surface area contributed by atoms with Crippen LogP contribution in [0.25, 0.3) is 0 Å². The zero-order valence-corrected chi connectivity index (χ0v) is 19.4. The highest BCUT2D eigenvalue weighted by Gasteiger charge is 2.33. The minimum atomic E-state index is -1.00. The van der Waals surface area contributed by atoms with Crippen LogP contribution in [-0.4, -0.2) is 30.4 Å². The maximum Gasteiger partial charge on any atom is 0.418 e. The molecule has 1 aliphatic rings. The molecule has 0 fully saturated rings. The lowest BCUT2D eigenvalue weighted by Gasteiger charge is -2.35. The lowest BCUT2D eigenvalue weighted by molar-refractivity contribution is -0.139. The molecule has 0 bridgehead atoms. The molecule has 3 aromatic carbocycles. The number of benzene rings is 3. The number of carbonyl (C=O) groups is 2. The number of hydrogen-bond acceptors (Lipinski definition) is 4. The Morgan fingerprint density at radius 1 is 0.971 bits per heavy atom. The van der Waals surface area contributed by atoms with E-state index in [1.54, 1.807) is 11.8 Å². The van der Waals surface area contributed by atoms with Gasteiger partial charge < -0.3 is 14.6 Å². The second-order valence-electron chi connectivity index (χ2n) is 8.43. The topological polar surface area (TPSA) is 76.1 Å². The van der Waals surface area contributed by atoms with Crippen LogP contribution in [0.3, 0.4) is 0 Å². The van der Waals surface area contributed by atoms with Gasteiger partial charge in [0.15, 0.2) is 6.61 Å². The molecule has 0 saturated heterocycles. The van der Waals surface area contributed by atoms with Gasteiger partial charge in [0.2, 0.25) is 0 Å². The molecule has 1 N–H and O–H groups in total. The first-order valence-electron chi connectivity index (χ1n) is 11.6. The van der Waals surface area contributed by atoms with Gasteiger partial charge in [-0.2, -0.15) is 0 Å². The number of nitrogens with zero attached hydrogens (tertiary/aromatic N) is 1. The van der Waals surface area contributed by atoms with Crippen molar-refractivity contribution in [3.8, 4) is 5.75 Å². The number of para-hydroxylation sites is 2. The van der Waals surface area contributed by atoms with Gasteiger partial charge in [-0.1, -0.05) is 55.5 Å². The summed E-state index contributed by atoms with van der Waals surface area (Å²) < 4.78 is 11.1. The maximum absolute atomic E-state index is 13.1. The Hall–Kier alpha value is -3.80. The van der Waals surface area contributed by atoms with Crippen LogP contribution in [0, 0.1) is 5.92 Å². The molecule has 0 radical (unpaired) electrons. The van der Waals surface area contributed by atoms with Crippen molar-refractivity contribution >= 4 is 23.4 Å². The molecule has 6 nitrogen and oxygen atoms in total. The molecule has 0 heterocycles. The predicted molar refractivity (Wildman–Crippen MR) is 131 cm³/mol. The number of rotatable bonds is 7. The van der Waals surface area contributed by atoms with Crippen molar-refractivity contribution in [1.82, 2.24) is 0 Å². The number of carboxylic acids is 1. The van der Waals surface area contributed by atoms with E-state index in [1.807, 2.05) is 60.7 Å². The zero-order chi connectivity index (χ0) is 24.1. The van der Waals surface area contributed by atoms with Crippen molar-refractivity contribution in [2.75, 3.05) is 18.1 Å². The number of hydrogen-bond donors (Lipinski definition) is 1. The van der Waals surface area contributed by atoms with Crippen LogP contribution in [0.4, 0.5) is 16.2 Å². The number of aliphatic carboxylic acids is 1. The molecule has 1 aliphatic carbocycles. The second-order valence-corrected chi connectivity index (χ2v) is 8.43. The van der Waals surface area contributed by atoms with E-state index in [1.165, 1.54) is 0 Å². The number of carbonyl (C=O) groups excluding carboxylic acids is 1. The lowest BCUT2D eigenvalue weighted by atomic mass is 9.72. The average molecular weight is 460 g/mol. The molecule has 0 saturated carbocycles. The van der Waals surface area contributed by atoms with Crippen molar-refractivity contribution in [2.45, 2.75) is 32.6 Å². The Morgan fingerprint density at radius 2 is 1.68 bits per heavy atom. The highest BCUT2D eigenvalue weighted by atomic mass is 16.6. The number of amides is 1. The van der Waals surface area contributed by atoms with Crippen LogP contribution < -0.4 is 9.64 Å². The lowest BCUT2D eigenvalue weighted by Crippen LogP contribution is -2.29. The van der Waals surface area contributed by atoms with E-state index in [2.05, 4.69) is 19.1 Å². The van der Waals surface area contributed by atoms with Crippen LogP contribution >= 0.6 is 0 Å². The van der Waals surface area contributed by atoms with E-state index >= 15 is 0 Å². The van der Waals surface area contributed by atoms with Crippen LogP contribution in [0.15, 0.2) is 72.8 Å². The van der Waals surface area contributed by atoms with Crippen LogP contribution in [0.5, 0.6) is 5.75 Å². The third kappa shape index (κ3) is 4.76. The highest BCUT2D eigenvalue weighted by molar-refractivity contribution is 5.97. The number of ether oxygens (including phenoxy) is 2. The molecule has 176 valence electrons. The number of fused-ring (bicyclic) bond motifs is 1. The summed E-state index contributed by atoms with van der Waals surface area (Å²) in [5.41, 5.74) is 4.66. The summed E-state index contributed by atoms with van der Waals surface area (Å²) in [6.45, 7) is 3.91. The summed E-state index contributed by atoms with van der Waals surface area (Å²) in [6, 6.07) is 23.2. The van der Waals surface area contributed by atoms with Gasteiger partial charge >= 0.3 is 12.1 Å². The summed E-state index contributed by atoms with van der Waals surface area (Å²) in [4.78, 5) is 25.8. The van der Waals surface area contributed by atoms with Gasteiger partial charge in [0.1, 0.15) is 5.75 Å². The van der Waals surface area contributed by atoms with Gasteiger partial charge in [-0.25, -0.2) is 14.5 Å². The molecule has 3 aromatic rings. The van der Waals surface area contributed by atoms with Crippen LogP contribution in [-0.2, 0) is 16.0 Å². The first kappa shape index (κ1) is 23.4. The van der Waals surface area contributed by atoms with Crippen LogP contribution in [0.1, 0.15) is 42.9 Å². The monoisotopic (exact) mass is 459 g/mol. The van der Waals surface area contributed by atoms with E-state index in [-0.39, 0.29) is 19.1 Å². The SMILES string of the molecule is CCOC(=O)N(c1ccccc1)c1ccccc1C1c2cccc(OCC(=O)O)c2CCC1C. The van der Waals surface area contributed by atoms with Crippen molar-refractivity contribution in [3.05, 3.63) is 89.5 Å². The Bertz CT molecular complexity index is 1160. The van der Waals surface area contributed by atoms with Crippen LogP contribution in [0.2, 0.25) is 0 Å². The van der Waals surface area contributed by atoms with E-state index in [4.69, 9.17) is 14.6 Å². The molecule has 1 amide bonds. The highest BCUT2D eigenvalue weighted by Crippen LogP contribution is 2.47. The fourth-order valence-corrected chi connectivity index (χ4v) is 4.80. The van der Waals surface area contributed by atoms with Gasteiger partial charge in [-0.15, -0.1) is 0 Å². The first-order chi connectivity index (χ1) is 16.5. The minimum absolute atomic E-state index is 0.00830. The molecule has 4 rings (SSSR count). The van der Waals surface area contributed by atoms with Crippen molar-refractivity contribution < 1.29 is 24.2 Å². The molecule has 0 aliphatic heterocycles. The molecule has 0 spiro atoms. The van der Waals surface area contributed by atoms with Gasteiger partial charge in [0.05, 0.1) is 18.0 Å². The fraction of sp³-hybridized carbons (Fsp3) is 0.286. The van der Waals surface area contributed by atoms with Gasteiger partial charge in [0.25, 0.3) is 0 Å². The quantitative estimate of drug-likeness (QED) is 0.458. The summed E-state index contributed by atoms with van der Waals surface area (Å²) >= 11 is 0. The molecule has 0 aromatic heterocycles. The maximum atomic E-state index is 13.1. The van der Waals surface area contributed by atoms with E-state index < -0.39 is 12.1 Å². The van der Waals surface area contributed by atoms with E-state index in [0.717, 1.165) is 40.9 Å². The number of anilines is 2. The van der Waals surface area contributed by atoms with Crippen molar-refractivity contribution in [2.24, 2.45) is 5.92 Å². The van der Waals surface area contributed by atoms with Gasteiger partial charge in [-0.3, -0.25) is 0 Å². The largest absolute Gasteiger partial charge is 0.482 e. The van der Waals surface area contributed by atoms with Crippen molar-refractivity contribution in [3.63, 3.8) is 0 Å².